The van der Waals surface area contributed by atoms with E-state index in [0.29, 0.717) is 16.9 Å². The molecule has 4 heteroatoms. The van der Waals surface area contributed by atoms with Gasteiger partial charge in [-0.15, -0.1) is 0 Å². The molecule has 0 radical (unpaired) electrons. The van der Waals surface area contributed by atoms with Gasteiger partial charge >= 0.3 is 5.97 Å². The molecular weight excluding hydrogens is 374 g/mol. The molecular formula is C26H23NO3. The second kappa shape index (κ2) is 7.64. The van der Waals surface area contributed by atoms with E-state index < -0.39 is 5.97 Å². The molecule has 30 heavy (non-hydrogen) atoms. The SMILES string of the molecule is C=C(C)C(=O)Oc1ccc2c(c1)c1cc(C(=O)c3ccccc3CC)ccc1n2C. The average molecular weight is 397 g/mol. The maximum absolute atomic E-state index is 13.2. The van der Waals surface area contributed by atoms with E-state index in [4.69, 9.17) is 4.74 Å². The van der Waals surface area contributed by atoms with Gasteiger partial charge in [-0.25, -0.2) is 4.79 Å². The number of esters is 1. The predicted octanol–water partition coefficient (Wildman–Crippen LogP) is 5.61. The maximum Gasteiger partial charge on any atom is 0.338 e. The van der Waals surface area contributed by atoms with E-state index in [-0.39, 0.29) is 5.78 Å². The van der Waals surface area contributed by atoms with Crippen LogP contribution in [0.4, 0.5) is 0 Å². The smallest absolute Gasteiger partial charge is 0.338 e. The van der Waals surface area contributed by atoms with Gasteiger partial charge in [0.1, 0.15) is 5.75 Å². The molecule has 0 N–H and O–H groups in total. The second-order valence-corrected chi connectivity index (χ2v) is 7.48. The minimum atomic E-state index is -0.457. The summed E-state index contributed by atoms with van der Waals surface area (Å²) in [6.45, 7) is 7.29. The highest BCUT2D eigenvalue weighted by Gasteiger charge is 2.16. The van der Waals surface area contributed by atoms with E-state index in [1.165, 1.54) is 0 Å². The third-order valence-electron chi connectivity index (χ3n) is 5.44. The molecule has 3 aromatic carbocycles. The number of ether oxygens (including phenoxy) is 1. The Hall–Kier alpha value is -3.66. The van der Waals surface area contributed by atoms with Gasteiger partial charge in [0, 0.05) is 45.6 Å². The van der Waals surface area contributed by atoms with Gasteiger partial charge in [0.05, 0.1) is 0 Å². The summed E-state index contributed by atoms with van der Waals surface area (Å²) in [4.78, 5) is 25.1. The van der Waals surface area contributed by atoms with E-state index in [2.05, 4.69) is 11.1 Å². The number of ketones is 1. The lowest BCUT2D eigenvalue weighted by Crippen LogP contribution is -2.07. The predicted molar refractivity (Wildman–Crippen MR) is 120 cm³/mol. The molecule has 0 bridgehead atoms. The zero-order valence-electron chi connectivity index (χ0n) is 17.4. The molecule has 0 saturated carbocycles. The highest BCUT2D eigenvalue weighted by atomic mass is 16.5. The molecule has 0 fully saturated rings. The van der Waals surface area contributed by atoms with Crippen molar-refractivity contribution in [1.82, 2.24) is 4.57 Å². The van der Waals surface area contributed by atoms with Crippen molar-refractivity contribution in [3.8, 4) is 5.75 Å². The van der Waals surface area contributed by atoms with Gasteiger partial charge in [0.15, 0.2) is 5.78 Å². The van der Waals surface area contributed by atoms with Gasteiger partial charge in [-0.2, -0.15) is 0 Å². The first-order valence-corrected chi connectivity index (χ1v) is 9.93. The monoisotopic (exact) mass is 397 g/mol. The molecule has 0 aliphatic heterocycles. The normalized spacial score (nSPS) is 11.0. The van der Waals surface area contributed by atoms with Crippen molar-refractivity contribution in [2.75, 3.05) is 0 Å². The molecule has 0 spiro atoms. The highest BCUT2D eigenvalue weighted by Crippen LogP contribution is 2.32. The summed E-state index contributed by atoms with van der Waals surface area (Å²) in [5.74, 6) is 0.00824. The Kier molecular flexibility index (Phi) is 5.00. The number of rotatable bonds is 5. The van der Waals surface area contributed by atoms with Crippen molar-refractivity contribution in [2.24, 2.45) is 7.05 Å². The van der Waals surface area contributed by atoms with Crippen LogP contribution in [0.2, 0.25) is 0 Å². The van der Waals surface area contributed by atoms with Crippen LogP contribution in [-0.4, -0.2) is 16.3 Å². The first kappa shape index (κ1) is 19.6. The van der Waals surface area contributed by atoms with Gasteiger partial charge in [-0.05, 0) is 55.3 Å². The van der Waals surface area contributed by atoms with Crippen LogP contribution >= 0.6 is 0 Å². The van der Waals surface area contributed by atoms with Gasteiger partial charge in [-0.1, -0.05) is 37.8 Å². The van der Waals surface area contributed by atoms with Crippen molar-refractivity contribution >= 4 is 33.6 Å². The largest absolute Gasteiger partial charge is 0.423 e. The summed E-state index contributed by atoms with van der Waals surface area (Å²) >= 11 is 0. The quantitative estimate of drug-likeness (QED) is 0.190. The van der Waals surface area contributed by atoms with Crippen LogP contribution in [-0.2, 0) is 18.3 Å². The molecule has 0 unspecified atom stereocenters. The number of carbonyl (C=O) groups excluding carboxylic acids is 2. The van der Waals surface area contributed by atoms with Crippen molar-refractivity contribution in [1.29, 1.82) is 0 Å². The second-order valence-electron chi connectivity index (χ2n) is 7.48. The highest BCUT2D eigenvalue weighted by molar-refractivity contribution is 6.15. The van der Waals surface area contributed by atoms with E-state index in [1.807, 2.05) is 68.6 Å². The number of benzene rings is 3. The Morgan fingerprint density at radius 3 is 2.33 bits per heavy atom. The summed E-state index contributed by atoms with van der Waals surface area (Å²) in [6, 6.07) is 19.0. The summed E-state index contributed by atoms with van der Waals surface area (Å²) in [5.41, 5.74) is 4.76. The standard InChI is InChI=1S/C26H23NO3/c1-5-17-8-6-7-9-20(17)25(28)18-10-12-23-21(14-18)22-15-19(30-26(29)16(2)3)11-13-24(22)27(23)4/h6-15H,2,5H2,1,3-4H3. The van der Waals surface area contributed by atoms with Crippen molar-refractivity contribution in [2.45, 2.75) is 20.3 Å². The summed E-state index contributed by atoms with van der Waals surface area (Å²) in [6.07, 6.45) is 0.801. The van der Waals surface area contributed by atoms with Crippen LogP contribution in [0, 0.1) is 0 Å². The van der Waals surface area contributed by atoms with E-state index in [0.717, 1.165) is 39.4 Å². The number of aryl methyl sites for hydroxylation is 2. The van der Waals surface area contributed by atoms with Crippen LogP contribution in [0.5, 0.6) is 5.75 Å². The van der Waals surface area contributed by atoms with Crippen molar-refractivity contribution in [3.05, 3.63) is 89.5 Å². The fourth-order valence-corrected chi connectivity index (χ4v) is 3.80. The number of hydrogen-bond donors (Lipinski definition) is 0. The average Bonchev–Trinajstić information content (AvgIpc) is 3.04. The van der Waals surface area contributed by atoms with Crippen molar-refractivity contribution in [3.63, 3.8) is 0 Å². The number of fused-ring (bicyclic) bond motifs is 3. The van der Waals surface area contributed by atoms with Crippen LogP contribution < -0.4 is 4.74 Å². The minimum absolute atomic E-state index is 0.0104. The Morgan fingerprint density at radius 2 is 1.63 bits per heavy atom. The number of nitrogens with zero attached hydrogens (tertiary/aromatic N) is 1. The zero-order valence-corrected chi connectivity index (χ0v) is 17.4. The summed E-state index contributed by atoms with van der Waals surface area (Å²) in [5, 5.41) is 1.87. The maximum atomic E-state index is 13.2. The van der Waals surface area contributed by atoms with Crippen LogP contribution in [0.15, 0.2) is 72.8 Å². The molecule has 4 nitrogen and oxygen atoms in total. The first-order valence-electron chi connectivity index (χ1n) is 9.93. The Labute approximate surface area is 175 Å². The fourth-order valence-electron chi connectivity index (χ4n) is 3.80. The summed E-state index contributed by atoms with van der Waals surface area (Å²) < 4.78 is 7.48. The topological polar surface area (TPSA) is 48.3 Å². The van der Waals surface area contributed by atoms with E-state index in [9.17, 15) is 9.59 Å². The Bertz CT molecular complexity index is 1330. The minimum Gasteiger partial charge on any atom is -0.423 e. The molecule has 0 saturated heterocycles. The van der Waals surface area contributed by atoms with Crippen LogP contribution in [0.1, 0.15) is 35.3 Å². The molecule has 1 heterocycles. The molecule has 0 atom stereocenters. The lowest BCUT2D eigenvalue weighted by atomic mass is 9.96. The lowest BCUT2D eigenvalue weighted by Gasteiger charge is -2.07. The number of hydrogen-bond acceptors (Lipinski definition) is 3. The number of aromatic nitrogens is 1. The van der Waals surface area contributed by atoms with Crippen LogP contribution in [0.3, 0.4) is 0 Å². The van der Waals surface area contributed by atoms with E-state index >= 15 is 0 Å². The molecule has 150 valence electrons. The molecule has 4 aromatic rings. The first-order chi connectivity index (χ1) is 14.4. The zero-order chi connectivity index (χ0) is 21.4. The molecule has 0 amide bonds. The van der Waals surface area contributed by atoms with E-state index in [1.54, 1.807) is 13.0 Å². The van der Waals surface area contributed by atoms with Gasteiger partial charge in [0.2, 0.25) is 0 Å². The third-order valence-corrected chi connectivity index (χ3v) is 5.44. The Morgan fingerprint density at radius 1 is 0.967 bits per heavy atom. The molecule has 0 aliphatic carbocycles. The molecule has 0 aliphatic rings. The van der Waals surface area contributed by atoms with Crippen molar-refractivity contribution < 1.29 is 14.3 Å². The van der Waals surface area contributed by atoms with Gasteiger partial charge in [0.25, 0.3) is 0 Å². The third kappa shape index (κ3) is 3.30. The summed E-state index contributed by atoms with van der Waals surface area (Å²) in [7, 11) is 1.98. The number of carbonyl (C=O) groups is 2. The lowest BCUT2D eigenvalue weighted by molar-refractivity contribution is -0.130. The van der Waals surface area contributed by atoms with Gasteiger partial charge < -0.3 is 9.30 Å². The molecule has 1 aromatic heterocycles. The van der Waals surface area contributed by atoms with Crippen LogP contribution in [0.25, 0.3) is 21.8 Å². The molecule has 4 rings (SSSR count). The fraction of sp³-hybridized carbons (Fsp3) is 0.154. The van der Waals surface area contributed by atoms with Gasteiger partial charge in [-0.3, -0.25) is 4.79 Å². The Balaban J connectivity index is 1.84.